The molecule has 0 amide bonds. The zero-order chi connectivity index (χ0) is 12.3. The summed E-state index contributed by atoms with van der Waals surface area (Å²) >= 11 is 5.58. The minimum atomic E-state index is 0.450. The molecule has 0 aromatic carbocycles. The van der Waals surface area contributed by atoms with Crippen LogP contribution >= 0.6 is 27.3 Å². The molecule has 96 valence electrons. The van der Waals surface area contributed by atoms with Crippen LogP contribution in [-0.2, 0) is 4.74 Å². The number of hydrogen-bond donors (Lipinski definition) is 1. The van der Waals surface area contributed by atoms with Crippen molar-refractivity contribution in [2.24, 2.45) is 5.92 Å². The van der Waals surface area contributed by atoms with Crippen LogP contribution in [0.15, 0.2) is 10.5 Å². The van der Waals surface area contributed by atoms with Gasteiger partial charge in [-0.05, 0) is 48.3 Å². The third kappa shape index (κ3) is 3.31. The van der Waals surface area contributed by atoms with E-state index in [1.807, 2.05) is 11.3 Å². The summed E-state index contributed by atoms with van der Waals surface area (Å²) in [5.74, 6) is 0.621. The van der Waals surface area contributed by atoms with Gasteiger partial charge < -0.3 is 10.1 Å². The van der Waals surface area contributed by atoms with Crippen molar-refractivity contribution in [2.45, 2.75) is 32.7 Å². The maximum absolute atomic E-state index is 5.54. The number of halogens is 1. The lowest BCUT2D eigenvalue weighted by molar-refractivity contribution is 0.177. The molecule has 2 atom stereocenters. The zero-order valence-electron chi connectivity index (χ0n) is 10.5. The van der Waals surface area contributed by atoms with Crippen molar-refractivity contribution >= 4 is 27.3 Å². The molecule has 1 N–H and O–H groups in total. The third-order valence-corrected chi connectivity index (χ3v) is 5.22. The summed E-state index contributed by atoms with van der Waals surface area (Å²) < 4.78 is 6.79. The normalized spacial score (nSPS) is 21.9. The van der Waals surface area contributed by atoms with Crippen molar-refractivity contribution in [1.82, 2.24) is 5.32 Å². The molecule has 1 aromatic heterocycles. The number of nitrogens with one attached hydrogen (secondary N) is 1. The van der Waals surface area contributed by atoms with E-state index < -0.39 is 0 Å². The van der Waals surface area contributed by atoms with Gasteiger partial charge in [0.2, 0.25) is 0 Å². The molecular formula is C13H20BrNOS. The van der Waals surface area contributed by atoms with Crippen LogP contribution in [0.4, 0.5) is 0 Å². The first-order valence-corrected chi connectivity index (χ1v) is 7.90. The first kappa shape index (κ1) is 13.5. The molecule has 0 saturated carbocycles. The molecule has 0 aliphatic carbocycles. The quantitative estimate of drug-likeness (QED) is 0.889. The highest BCUT2D eigenvalue weighted by Crippen LogP contribution is 2.38. The van der Waals surface area contributed by atoms with Gasteiger partial charge in [-0.3, -0.25) is 0 Å². The smallest absolute Gasteiger partial charge is 0.0513 e. The van der Waals surface area contributed by atoms with E-state index in [1.165, 1.54) is 27.1 Å². The Kier molecular flexibility index (Phi) is 5.03. The van der Waals surface area contributed by atoms with Gasteiger partial charge in [0.1, 0.15) is 0 Å². The lowest BCUT2D eigenvalue weighted by Gasteiger charge is -2.23. The molecule has 0 bridgehead atoms. The summed E-state index contributed by atoms with van der Waals surface area (Å²) in [7, 11) is 0. The number of thiophene rings is 1. The van der Waals surface area contributed by atoms with E-state index in [1.54, 1.807) is 0 Å². The van der Waals surface area contributed by atoms with Gasteiger partial charge in [0.15, 0.2) is 0 Å². The Bertz CT molecular complexity index is 360. The van der Waals surface area contributed by atoms with Crippen LogP contribution < -0.4 is 5.32 Å². The van der Waals surface area contributed by atoms with E-state index >= 15 is 0 Å². The largest absolute Gasteiger partial charge is 0.381 e. The standard InChI is InChI=1S/C13H20BrNOS/c1-3-5-15-12(10-4-6-16-8-10)13-11(14)7-9(2)17-13/h7,10,12,15H,3-6,8H2,1-2H3. The lowest BCUT2D eigenvalue weighted by atomic mass is 9.97. The average Bonchev–Trinajstić information content (AvgIpc) is 2.90. The Labute approximate surface area is 116 Å². The molecule has 1 aliphatic heterocycles. The summed E-state index contributed by atoms with van der Waals surface area (Å²) in [5.41, 5.74) is 0. The maximum Gasteiger partial charge on any atom is 0.0513 e. The Morgan fingerprint density at radius 3 is 3.00 bits per heavy atom. The van der Waals surface area contributed by atoms with E-state index in [9.17, 15) is 0 Å². The van der Waals surface area contributed by atoms with E-state index in [0.29, 0.717) is 12.0 Å². The van der Waals surface area contributed by atoms with Gasteiger partial charge in [0.05, 0.1) is 6.61 Å². The summed E-state index contributed by atoms with van der Waals surface area (Å²) in [6, 6.07) is 2.67. The molecule has 1 aromatic rings. The van der Waals surface area contributed by atoms with Gasteiger partial charge in [-0.25, -0.2) is 0 Å². The molecule has 2 unspecified atom stereocenters. The zero-order valence-corrected chi connectivity index (χ0v) is 12.9. The summed E-state index contributed by atoms with van der Waals surface area (Å²) in [6.07, 6.45) is 2.34. The third-order valence-electron chi connectivity index (χ3n) is 3.17. The fourth-order valence-corrected chi connectivity index (χ4v) is 4.37. The minimum absolute atomic E-state index is 0.450. The van der Waals surface area contributed by atoms with Crippen molar-refractivity contribution in [3.63, 3.8) is 0 Å². The van der Waals surface area contributed by atoms with Gasteiger partial charge in [-0.1, -0.05) is 6.92 Å². The van der Waals surface area contributed by atoms with Crippen molar-refractivity contribution < 1.29 is 4.74 Å². The second kappa shape index (κ2) is 6.32. The SMILES string of the molecule is CCCNC(c1sc(C)cc1Br)C1CCOC1. The summed E-state index contributed by atoms with van der Waals surface area (Å²) in [5, 5.41) is 3.68. The number of ether oxygens (including phenoxy) is 1. The van der Waals surface area contributed by atoms with E-state index in [0.717, 1.165) is 19.8 Å². The fraction of sp³-hybridized carbons (Fsp3) is 0.692. The van der Waals surface area contributed by atoms with Crippen molar-refractivity contribution in [1.29, 1.82) is 0 Å². The van der Waals surface area contributed by atoms with Crippen molar-refractivity contribution in [2.75, 3.05) is 19.8 Å². The van der Waals surface area contributed by atoms with Crippen LogP contribution in [0.2, 0.25) is 0 Å². The number of rotatable bonds is 5. The molecule has 2 heterocycles. The predicted octanol–water partition coefficient (Wildman–Crippen LogP) is 3.90. The maximum atomic E-state index is 5.54. The lowest BCUT2D eigenvalue weighted by Crippen LogP contribution is -2.28. The molecule has 0 radical (unpaired) electrons. The summed E-state index contributed by atoms with van der Waals surface area (Å²) in [6.45, 7) is 7.26. The second-order valence-electron chi connectivity index (χ2n) is 4.62. The minimum Gasteiger partial charge on any atom is -0.381 e. The Balaban J connectivity index is 2.16. The topological polar surface area (TPSA) is 21.3 Å². The Hall–Kier alpha value is 0.1000. The van der Waals surface area contributed by atoms with Crippen LogP contribution in [0.3, 0.4) is 0 Å². The summed E-state index contributed by atoms with van der Waals surface area (Å²) in [4.78, 5) is 2.81. The molecule has 1 fully saturated rings. The first-order chi connectivity index (χ1) is 8.22. The van der Waals surface area contributed by atoms with Gasteiger partial charge in [0, 0.05) is 32.8 Å². The highest BCUT2D eigenvalue weighted by Gasteiger charge is 2.29. The van der Waals surface area contributed by atoms with Crippen LogP contribution in [0.5, 0.6) is 0 Å². The molecule has 2 nitrogen and oxygen atoms in total. The van der Waals surface area contributed by atoms with Crippen LogP contribution in [0, 0.1) is 12.8 Å². The monoisotopic (exact) mass is 317 g/mol. The highest BCUT2D eigenvalue weighted by atomic mass is 79.9. The molecule has 0 spiro atoms. The second-order valence-corrected chi connectivity index (χ2v) is 6.77. The van der Waals surface area contributed by atoms with Gasteiger partial charge in [-0.15, -0.1) is 11.3 Å². The van der Waals surface area contributed by atoms with Crippen LogP contribution in [-0.4, -0.2) is 19.8 Å². The first-order valence-electron chi connectivity index (χ1n) is 6.29. The van der Waals surface area contributed by atoms with Crippen LogP contribution in [0.25, 0.3) is 0 Å². The van der Waals surface area contributed by atoms with E-state index in [-0.39, 0.29) is 0 Å². The van der Waals surface area contributed by atoms with Crippen molar-refractivity contribution in [3.8, 4) is 0 Å². The molecule has 1 aliphatic rings. The predicted molar refractivity (Wildman–Crippen MR) is 76.7 cm³/mol. The van der Waals surface area contributed by atoms with Gasteiger partial charge in [0.25, 0.3) is 0 Å². The van der Waals surface area contributed by atoms with Gasteiger partial charge >= 0.3 is 0 Å². The number of hydrogen-bond acceptors (Lipinski definition) is 3. The molecule has 1 saturated heterocycles. The highest BCUT2D eigenvalue weighted by molar-refractivity contribution is 9.10. The average molecular weight is 318 g/mol. The fourth-order valence-electron chi connectivity index (χ4n) is 2.30. The van der Waals surface area contributed by atoms with Gasteiger partial charge in [-0.2, -0.15) is 0 Å². The number of aryl methyl sites for hydroxylation is 1. The van der Waals surface area contributed by atoms with Crippen molar-refractivity contribution in [3.05, 3.63) is 20.3 Å². The van der Waals surface area contributed by atoms with Crippen LogP contribution in [0.1, 0.15) is 35.6 Å². The van der Waals surface area contributed by atoms with E-state index in [4.69, 9.17) is 4.74 Å². The Morgan fingerprint density at radius 2 is 2.47 bits per heavy atom. The van der Waals surface area contributed by atoms with E-state index in [2.05, 4.69) is 41.2 Å². The molecule has 4 heteroatoms. The molecule has 2 rings (SSSR count). The molecular weight excluding hydrogens is 298 g/mol. The molecule has 17 heavy (non-hydrogen) atoms. The Morgan fingerprint density at radius 1 is 1.65 bits per heavy atom.